The SMILES string of the molecule is Cc1cccc(CSc2nnc(C(Cc3ccccc3)NC(=O)C3CCC3)n2-c2ccc([N+](=O)[O-])cc2)c1. The van der Waals surface area contributed by atoms with E-state index in [-0.39, 0.29) is 17.5 Å². The van der Waals surface area contributed by atoms with Crippen LogP contribution in [-0.4, -0.2) is 25.6 Å². The van der Waals surface area contributed by atoms with E-state index in [1.807, 2.05) is 41.0 Å². The Balaban J connectivity index is 1.52. The third-order valence-electron chi connectivity index (χ3n) is 6.81. The highest BCUT2D eigenvalue weighted by Crippen LogP contribution is 2.32. The van der Waals surface area contributed by atoms with Crippen molar-refractivity contribution in [1.82, 2.24) is 20.1 Å². The molecular formula is C29H29N5O3S. The van der Waals surface area contributed by atoms with Crippen molar-refractivity contribution in [1.29, 1.82) is 0 Å². The first-order chi connectivity index (χ1) is 18.5. The maximum Gasteiger partial charge on any atom is 0.269 e. The predicted octanol–water partition coefficient (Wildman–Crippen LogP) is 5.98. The Morgan fingerprint density at radius 3 is 2.45 bits per heavy atom. The fraction of sp³-hybridized carbons (Fsp3) is 0.276. The minimum Gasteiger partial charge on any atom is -0.345 e. The van der Waals surface area contributed by atoms with E-state index in [1.54, 1.807) is 23.9 Å². The van der Waals surface area contributed by atoms with Gasteiger partial charge in [-0.25, -0.2) is 0 Å². The number of nitrogens with one attached hydrogen (secondary N) is 1. The van der Waals surface area contributed by atoms with Crippen LogP contribution >= 0.6 is 11.8 Å². The van der Waals surface area contributed by atoms with Gasteiger partial charge in [0.25, 0.3) is 5.69 Å². The molecule has 1 N–H and O–H groups in total. The zero-order valence-corrected chi connectivity index (χ0v) is 21.9. The van der Waals surface area contributed by atoms with Gasteiger partial charge in [0.05, 0.1) is 11.0 Å². The molecule has 1 unspecified atom stereocenters. The molecule has 1 saturated carbocycles. The van der Waals surface area contributed by atoms with Gasteiger partial charge in [-0.05, 0) is 49.4 Å². The maximum atomic E-state index is 13.1. The number of hydrogen-bond acceptors (Lipinski definition) is 6. The van der Waals surface area contributed by atoms with Crippen molar-refractivity contribution in [3.63, 3.8) is 0 Å². The summed E-state index contributed by atoms with van der Waals surface area (Å²) in [6, 6.07) is 24.2. The van der Waals surface area contributed by atoms with Gasteiger partial charge < -0.3 is 5.32 Å². The fourth-order valence-corrected chi connectivity index (χ4v) is 5.43. The predicted molar refractivity (Wildman–Crippen MR) is 147 cm³/mol. The first-order valence-corrected chi connectivity index (χ1v) is 13.7. The van der Waals surface area contributed by atoms with Crippen molar-refractivity contribution in [2.45, 2.75) is 49.6 Å². The van der Waals surface area contributed by atoms with Crippen LogP contribution in [0.15, 0.2) is 84.0 Å². The van der Waals surface area contributed by atoms with Gasteiger partial charge in [-0.1, -0.05) is 78.3 Å². The van der Waals surface area contributed by atoms with Gasteiger partial charge >= 0.3 is 0 Å². The van der Waals surface area contributed by atoms with Gasteiger partial charge in [-0.3, -0.25) is 19.5 Å². The Morgan fingerprint density at radius 2 is 1.79 bits per heavy atom. The van der Waals surface area contributed by atoms with Crippen LogP contribution in [-0.2, 0) is 17.0 Å². The van der Waals surface area contributed by atoms with E-state index in [4.69, 9.17) is 0 Å². The van der Waals surface area contributed by atoms with E-state index >= 15 is 0 Å². The Kier molecular flexibility index (Phi) is 7.83. The molecule has 5 rings (SSSR count). The van der Waals surface area contributed by atoms with Gasteiger partial charge in [-0.2, -0.15) is 0 Å². The molecule has 1 aromatic heterocycles. The normalized spacial score (nSPS) is 14.0. The zero-order valence-electron chi connectivity index (χ0n) is 21.1. The van der Waals surface area contributed by atoms with E-state index in [2.05, 4.69) is 40.6 Å². The van der Waals surface area contributed by atoms with E-state index in [0.29, 0.717) is 28.8 Å². The lowest BCUT2D eigenvalue weighted by Gasteiger charge is -2.27. The summed E-state index contributed by atoms with van der Waals surface area (Å²) >= 11 is 1.54. The number of hydrogen-bond donors (Lipinski definition) is 1. The highest BCUT2D eigenvalue weighted by atomic mass is 32.2. The molecule has 38 heavy (non-hydrogen) atoms. The lowest BCUT2D eigenvalue weighted by atomic mass is 9.84. The number of rotatable bonds is 10. The molecule has 1 heterocycles. The summed E-state index contributed by atoms with van der Waals surface area (Å²) in [4.78, 5) is 23.9. The second kappa shape index (κ2) is 11.6. The molecule has 1 fully saturated rings. The Bertz CT molecular complexity index is 1420. The summed E-state index contributed by atoms with van der Waals surface area (Å²) < 4.78 is 1.92. The van der Waals surface area contributed by atoms with E-state index in [1.165, 1.54) is 17.7 Å². The molecule has 8 nitrogen and oxygen atoms in total. The molecule has 9 heteroatoms. The Hall–Kier alpha value is -3.98. The first-order valence-electron chi connectivity index (χ1n) is 12.7. The number of carbonyl (C=O) groups excluding carboxylic acids is 1. The van der Waals surface area contributed by atoms with Crippen molar-refractivity contribution in [3.05, 3.63) is 111 Å². The monoisotopic (exact) mass is 527 g/mol. The number of nitro groups is 1. The van der Waals surface area contributed by atoms with Crippen molar-refractivity contribution in [3.8, 4) is 5.69 Å². The molecule has 4 aromatic rings. The maximum absolute atomic E-state index is 13.1. The summed E-state index contributed by atoms with van der Waals surface area (Å²) in [7, 11) is 0. The summed E-state index contributed by atoms with van der Waals surface area (Å²) in [5.74, 6) is 1.34. The van der Waals surface area contributed by atoms with Gasteiger partial charge in [-0.15, -0.1) is 10.2 Å². The molecule has 194 valence electrons. The summed E-state index contributed by atoms with van der Waals surface area (Å²) in [6.45, 7) is 2.06. The number of nitrogens with zero attached hydrogens (tertiary/aromatic N) is 4. The third kappa shape index (κ3) is 5.94. The molecule has 0 saturated heterocycles. The van der Waals surface area contributed by atoms with E-state index in [0.717, 1.165) is 30.4 Å². The van der Waals surface area contributed by atoms with Crippen LogP contribution in [0.25, 0.3) is 5.69 Å². The summed E-state index contributed by atoms with van der Waals surface area (Å²) in [5, 5.41) is 24.3. The number of thioether (sulfide) groups is 1. The first kappa shape index (κ1) is 25.7. The van der Waals surface area contributed by atoms with Crippen LogP contribution in [0.3, 0.4) is 0 Å². The number of aromatic nitrogens is 3. The highest BCUT2D eigenvalue weighted by molar-refractivity contribution is 7.98. The van der Waals surface area contributed by atoms with Gasteiger partial charge in [0, 0.05) is 29.5 Å². The topological polar surface area (TPSA) is 103 Å². The number of nitro benzene ring substituents is 1. The molecule has 1 aliphatic carbocycles. The van der Waals surface area contributed by atoms with Crippen molar-refractivity contribution >= 4 is 23.4 Å². The molecule has 1 atom stereocenters. The number of aryl methyl sites for hydroxylation is 1. The standard InChI is InChI=1S/C29H29N5O3S/c1-20-7-5-10-22(17-20)19-38-29-32-31-27(33(29)24-13-15-25(16-14-24)34(36)37)26(18-21-8-3-2-4-9-21)30-28(35)23-11-6-12-23/h2-5,7-10,13-17,23,26H,6,11-12,18-19H2,1H3,(H,30,35). The van der Waals surface area contributed by atoms with E-state index < -0.39 is 11.0 Å². The van der Waals surface area contributed by atoms with Crippen LogP contribution in [0.5, 0.6) is 0 Å². The molecule has 1 amide bonds. The minimum atomic E-state index is -0.415. The van der Waals surface area contributed by atoms with Crippen LogP contribution in [0.1, 0.15) is 47.8 Å². The zero-order chi connectivity index (χ0) is 26.5. The lowest BCUT2D eigenvalue weighted by molar-refractivity contribution is -0.384. The second-order valence-electron chi connectivity index (χ2n) is 9.61. The van der Waals surface area contributed by atoms with Crippen molar-refractivity contribution in [2.75, 3.05) is 0 Å². The molecule has 3 aromatic carbocycles. The number of amides is 1. The molecular weight excluding hydrogens is 498 g/mol. The second-order valence-corrected chi connectivity index (χ2v) is 10.5. The molecule has 0 spiro atoms. The van der Waals surface area contributed by atoms with Crippen LogP contribution in [0, 0.1) is 23.0 Å². The largest absolute Gasteiger partial charge is 0.345 e. The van der Waals surface area contributed by atoms with Crippen molar-refractivity contribution < 1.29 is 9.72 Å². The number of benzene rings is 3. The molecule has 1 aliphatic rings. The quantitative estimate of drug-likeness (QED) is 0.155. The van der Waals surface area contributed by atoms with Crippen LogP contribution < -0.4 is 5.32 Å². The number of non-ortho nitro benzene ring substituents is 1. The molecule has 0 radical (unpaired) electrons. The summed E-state index contributed by atoms with van der Waals surface area (Å²) in [5.41, 5.74) is 4.13. The fourth-order valence-electron chi connectivity index (χ4n) is 4.53. The minimum absolute atomic E-state index is 0.0106. The van der Waals surface area contributed by atoms with Crippen LogP contribution in [0.2, 0.25) is 0 Å². The lowest BCUT2D eigenvalue weighted by Crippen LogP contribution is -2.38. The highest BCUT2D eigenvalue weighted by Gasteiger charge is 2.30. The van der Waals surface area contributed by atoms with Gasteiger partial charge in [0.1, 0.15) is 0 Å². The Labute approximate surface area is 225 Å². The van der Waals surface area contributed by atoms with Gasteiger partial charge in [0.2, 0.25) is 5.91 Å². The van der Waals surface area contributed by atoms with Crippen molar-refractivity contribution in [2.24, 2.45) is 5.92 Å². The molecule has 0 bridgehead atoms. The third-order valence-corrected chi connectivity index (χ3v) is 7.81. The summed E-state index contributed by atoms with van der Waals surface area (Å²) in [6.07, 6.45) is 3.42. The number of carbonyl (C=O) groups is 1. The average Bonchev–Trinajstić information content (AvgIpc) is 3.31. The average molecular weight is 528 g/mol. The Morgan fingerprint density at radius 1 is 1.05 bits per heavy atom. The van der Waals surface area contributed by atoms with E-state index in [9.17, 15) is 14.9 Å². The smallest absolute Gasteiger partial charge is 0.269 e. The van der Waals surface area contributed by atoms with Crippen LogP contribution in [0.4, 0.5) is 5.69 Å². The molecule has 0 aliphatic heterocycles. The van der Waals surface area contributed by atoms with Gasteiger partial charge in [0.15, 0.2) is 11.0 Å².